The Labute approximate surface area is 212 Å². The molecule has 3 N–H and O–H groups in total. The summed E-state index contributed by atoms with van der Waals surface area (Å²) in [7, 11) is -3.38. The number of carboxylic acid groups (broad SMARTS) is 1. The molecule has 0 rings (SSSR count). The first-order valence-electron chi connectivity index (χ1n) is 11.6. The van der Waals surface area contributed by atoms with Crippen LogP contribution in [0.1, 0.15) is 61.3 Å². The summed E-state index contributed by atoms with van der Waals surface area (Å²) in [6.45, 7) is 11.5. The summed E-state index contributed by atoms with van der Waals surface area (Å²) in [6, 6.07) is -1.18. The fourth-order valence-electron chi connectivity index (χ4n) is 2.11. The number of carbonyl (C=O) groups is 3. The number of guanidine groups is 1. The molecule has 36 heavy (non-hydrogen) atoms. The fourth-order valence-corrected chi connectivity index (χ4v) is 3.80. The van der Waals surface area contributed by atoms with E-state index in [1.54, 1.807) is 41.5 Å². The zero-order chi connectivity index (χ0) is 28.1. The summed E-state index contributed by atoms with van der Waals surface area (Å²) in [5, 5.41) is 19.7. The lowest BCUT2D eigenvalue weighted by molar-refractivity contribution is -0.141. The number of carbonyl (C=O) groups excluding carboxylic acids is 2. The lowest BCUT2D eigenvalue weighted by Crippen LogP contribution is -2.46. The minimum absolute atomic E-state index is 0.0850. The molecule has 0 aliphatic rings. The van der Waals surface area contributed by atoms with Crippen LogP contribution >= 0.6 is 7.75 Å². The second-order valence-electron chi connectivity index (χ2n) is 8.45. The Hall–Kier alpha value is -2.57. The van der Waals surface area contributed by atoms with E-state index in [0.29, 0.717) is 12.8 Å². The monoisotopic (exact) mass is 541 g/mol. The highest BCUT2D eigenvalue weighted by atomic mass is 31.2. The average Bonchev–Trinajstić information content (AvgIpc) is 2.79. The fraction of sp³-hybridized carbons (Fsp3) is 0.810. The molecule has 0 bridgehead atoms. The number of nitrogens with zero attached hydrogens (tertiary/aromatic N) is 1. The zero-order valence-electron chi connectivity index (χ0n) is 22.1. The van der Waals surface area contributed by atoms with Crippen molar-refractivity contribution < 1.29 is 52.1 Å². The normalized spacial score (nSPS) is 15.3. The van der Waals surface area contributed by atoms with Crippen LogP contribution in [0.5, 0.6) is 0 Å². The minimum Gasteiger partial charge on any atom is -0.480 e. The van der Waals surface area contributed by atoms with E-state index in [1.165, 1.54) is 14.0 Å². The van der Waals surface area contributed by atoms with Crippen molar-refractivity contribution in [3.63, 3.8) is 0 Å². The van der Waals surface area contributed by atoms with Gasteiger partial charge in [-0.15, -0.1) is 0 Å². The predicted octanol–water partition coefficient (Wildman–Crippen LogP) is 4.15. The van der Waals surface area contributed by atoms with Crippen LogP contribution in [-0.2, 0) is 37.4 Å². The summed E-state index contributed by atoms with van der Waals surface area (Å²) in [5.74, 6) is -3.00. The highest BCUT2D eigenvalue weighted by Crippen LogP contribution is 2.48. The average molecular weight is 542 g/mol. The van der Waals surface area contributed by atoms with E-state index in [0.717, 1.165) is 4.90 Å². The van der Waals surface area contributed by atoms with Crippen LogP contribution < -0.4 is 5.09 Å². The third-order valence-electron chi connectivity index (χ3n) is 4.38. The molecule has 15 heteroatoms. The minimum atomic E-state index is -4.66. The SMILES string of the molecule is CCCOC(=O)OC(OP(=O)(NC(=N)N(C)C(C)C(=O)O)OC(OC(=O)OCCC)C(C)C)C(C)C. The lowest BCUT2D eigenvalue weighted by Gasteiger charge is -2.32. The lowest BCUT2D eigenvalue weighted by atomic mass is 10.2. The van der Waals surface area contributed by atoms with Gasteiger partial charge in [0.2, 0.25) is 18.5 Å². The predicted molar refractivity (Wildman–Crippen MR) is 128 cm³/mol. The Morgan fingerprint density at radius 2 is 1.28 bits per heavy atom. The van der Waals surface area contributed by atoms with Crippen molar-refractivity contribution in [1.29, 1.82) is 5.41 Å². The summed E-state index contributed by atoms with van der Waals surface area (Å²) < 4.78 is 44.8. The zero-order valence-corrected chi connectivity index (χ0v) is 23.0. The number of likely N-dealkylation sites (N-methyl/N-ethyl adjacent to an activating group) is 1. The van der Waals surface area contributed by atoms with Gasteiger partial charge in [0.25, 0.3) is 0 Å². The summed E-state index contributed by atoms with van der Waals surface area (Å²) in [6.07, 6.45) is -4.01. The van der Waals surface area contributed by atoms with Gasteiger partial charge >= 0.3 is 26.0 Å². The van der Waals surface area contributed by atoms with Crippen LogP contribution in [0.15, 0.2) is 0 Å². The molecule has 0 radical (unpaired) electrons. The molecule has 0 heterocycles. The van der Waals surface area contributed by atoms with Crippen LogP contribution in [0, 0.1) is 17.2 Å². The highest BCUT2D eigenvalue weighted by Gasteiger charge is 2.40. The quantitative estimate of drug-likeness (QED) is 0.0884. The Balaban J connectivity index is 6.00. The van der Waals surface area contributed by atoms with Gasteiger partial charge in [0.15, 0.2) is 0 Å². The van der Waals surface area contributed by atoms with Crippen molar-refractivity contribution in [2.45, 2.75) is 79.9 Å². The van der Waals surface area contributed by atoms with E-state index in [2.05, 4.69) is 5.09 Å². The van der Waals surface area contributed by atoms with E-state index in [1.807, 2.05) is 0 Å². The molecule has 0 saturated carbocycles. The molecule has 14 nitrogen and oxygen atoms in total. The van der Waals surface area contributed by atoms with Gasteiger partial charge in [-0.2, -0.15) is 0 Å². The van der Waals surface area contributed by atoms with Gasteiger partial charge in [-0.05, 0) is 19.8 Å². The van der Waals surface area contributed by atoms with Crippen LogP contribution in [-0.4, -0.2) is 73.1 Å². The molecule has 3 unspecified atom stereocenters. The van der Waals surface area contributed by atoms with E-state index in [4.69, 9.17) is 33.4 Å². The Morgan fingerprint density at radius 1 is 0.889 bits per heavy atom. The number of hydrogen-bond donors (Lipinski definition) is 3. The second kappa shape index (κ2) is 16.2. The van der Waals surface area contributed by atoms with Crippen LogP contribution in [0.4, 0.5) is 9.59 Å². The van der Waals surface area contributed by atoms with E-state index in [9.17, 15) is 24.1 Å². The molecule has 0 aliphatic carbocycles. The Morgan fingerprint density at radius 3 is 1.58 bits per heavy atom. The van der Waals surface area contributed by atoms with Crippen molar-refractivity contribution >= 4 is 32.0 Å². The number of carboxylic acids is 1. The molecular formula is C21H40N3O11P. The third-order valence-corrected chi connectivity index (χ3v) is 5.84. The van der Waals surface area contributed by atoms with E-state index < -0.39 is 62.4 Å². The molecule has 210 valence electrons. The smallest absolute Gasteiger partial charge is 0.480 e. The van der Waals surface area contributed by atoms with E-state index in [-0.39, 0.29) is 13.2 Å². The first kappa shape index (κ1) is 33.4. The summed E-state index contributed by atoms with van der Waals surface area (Å²) >= 11 is 0. The maximum Gasteiger partial charge on any atom is 0.510 e. The molecule has 0 amide bonds. The topological polar surface area (TPSA) is 183 Å². The number of rotatable bonds is 15. The van der Waals surface area contributed by atoms with Crippen molar-refractivity contribution in [1.82, 2.24) is 9.99 Å². The standard InChI is InChI=1S/C21H40N3O11P/c1-9-11-30-20(27)32-17(13(3)4)34-36(29,23-19(22)24(8)15(7)16(25)26)35-18(14(5)6)33-21(28)31-12-10-2/h13-15,17-18H,9-12H2,1-8H3,(H,25,26)(H2,22,23,29). The van der Waals surface area contributed by atoms with Crippen molar-refractivity contribution in [3.05, 3.63) is 0 Å². The molecule has 0 aromatic heterocycles. The van der Waals surface area contributed by atoms with Gasteiger partial charge < -0.3 is 29.0 Å². The molecule has 0 aliphatic heterocycles. The van der Waals surface area contributed by atoms with Gasteiger partial charge in [-0.3, -0.25) is 19.5 Å². The summed E-state index contributed by atoms with van der Waals surface area (Å²) in [5.41, 5.74) is 0. The second-order valence-corrected chi connectivity index (χ2v) is 10.1. The molecule has 0 fully saturated rings. The maximum absolute atomic E-state index is 13.8. The van der Waals surface area contributed by atoms with Gasteiger partial charge in [-0.25, -0.2) is 18.9 Å². The van der Waals surface area contributed by atoms with Gasteiger partial charge in [0.05, 0.1) is 13.2 Å². The van der Waals surface area contributed by atoms with Crippen LogP contribution in [0.2, 0.25) is 0 Å². The molecule has 0 aromatic carbocycles. The maximum atomic E-state index is 13.8. The number of hydrogen-bond acceptors (Lipinski definition) is 11. The number of nitrogens with one attached hydrogen (secondary N) is 2. The van der Waals surface area contributed by atoms with Crippen molar-refractivity contribution in [2.24, 2.45) is 11.8 Å². The first-order valence-corrected chi connectivity index (χ1v) is 13.2. The van der Waals surface area contributed by atoms with Crippen molar-refractivity contribution in [2.75, 3.05) is 20.3 Å². The summed E-state index contributed by atoms with van der Waals surface area (Å²) in [4.78, 5) is 36.3. The largest absolute Gasteiger partial charge is 0.510 e. The van der Waals surface area contributed by atoms with Crippen LogP contribution in [0.25, 0.3) is 0 Å². The van der Waals surface area contributed by atoms with Gasteiger partial charge in [-0.1, -0.05) is 41.5 Å². The van der Waals surface area contributed by atoms with E-state index >= 15 is 0 Å². The Bertz CT molecular complexity index is 738. The van der Waals surface area contributed by atoms with Gasteiger partial charge in [0.1, 0.15) is 6.04 Å². The van der Waals surface area contributed by atoms with Crippen molar-refractivity contribution in [3.8, 4) is 0 Å². The molecule has 0 spiro atoms. The molecule has 0 saturated heterocycles. The van der Waals surface area contributed by atoms with Crippen LogP contribution in [0.3, 0.4) is 0 Å². The molecule has 3 atom stereocenters. The number of aliphatic carboxylic acids is 1. The highest BCUT2D eigenvalue weighted by molar-refractivity contribution is 7.52. The number of ether oxygens (including phenoxy) is 4. The molecular weight excluding hydrogens is 501 g/mol. The first-order chi connectivity index (χ1) is 16.7. The molecule has 0 aromatic rings. The third kappa shape index (κ3) is 12.4. The van der Waals surface area contributed by atoms with Gasteiger partial charge in [0, 0.05) is 18.9 Å². The Kier molecular flexibility index (Phi) is 15.1.